The standard InChI is InChI=1S/C20H24N2O2S/c1-4-15-7-5-6-13(2)18(15)19(25)22-17(20(23)24-3)12-14-8-10-16(21)11-9-14/h5-11,17H,4,12,21H2,1-3H3,(H,22,25). The summed E-state index contributed by atoms with van der Waals surface area (Å²) in [4.78, 5) is 12.8. The first kappa shape index (κ1) is 18.9. The van der Waals surface area contributed by atoms with Crippen LogP contribution in [0, 0.1) is 6.92 Å². The minimum atomic E-state index is -0.551. The van der Waals surface area contributed by atoms with Gasteiger partial charge >= 0.3 is 5.97 Å². The van der Waals surface area contributed by atoms with E-state index in [1.165, 1.54) is 7.11 Å². The van der Waals surface area contributed by atoms with E-state index in [1.54, 1.807) is 0 Å². The fourth-order valence-corrected chi connectivity index (χ4v) is 3.24. The van der Waals surface area contributed by atoms with Crippen LogP contribution in [0.2, 0.25) is 0 Å². The number of hydrogen-bond donors (Lipinski definition) is 2. The maximum absolute atomic E-state index is 12.2. The molecule has 1 atom stereocenters. The highest BCUT2D eigenvalue weighted by atomic mass is 32.1. The quantitative estimate of drug-likeness (QED) is 0.473. The van der Waals surface area contributed by atoms with Gasteiger partial charge in [0.2, 0.25) is 0 Å². The molecule has 4 nitrogen and oxygen atoms in total. The van der Waals surface area contributed by atoms with Gasteiger partial charge in [0.1, 0.15) is 11.0 Å². The van der Waals surface area contributed by atoms with E-state index >= 15 is 0 Å². The van der Waals surface area contributed by atoms with Crippen LogP contribution in [0.4, 0.5) is 5.69 Å². The molecule has 0 aliphatic carbocycles. The van der Waals surface area contributed by atoms with E-state index in [0.717, 1.165) is 28.7 Å². The molecule has 0 amide bonds. The van der Waals surface area contributed by atoms with E-state index in [0.29, 0.717) is 17.1 Å². The lowest BCUT2D eigenvalue weighted by Gasteiger charge is -2.21. The Morgan fingerprint density at radius 1 is 1.24 bits per heavy atom. The molecular formula is C20H24N2O2S. The van der Waals surface area contributed by atoms with Gasteiger partial charge in [-0.1, -0.05) is 49.5 Å². The maximum Gasteiger partial charge on any atom is 0.328 e. The summed E-state index contributed by atoms with van der Waals surface area (Å²) in [6.07, 6.45) is 1.35. The molecule has 2 rings (SSSR count). The number of carbonyl (C=O) groups is 1. The second-order valence-corrected chi connectivity index (χ2v) is 6.37. The van der Waals surface area contributed by atoms with Crippen LogP contribution in [0.5, 0.6) is 0 Å². The van der Waals surface area contributed by atoms with Gasteiger partial charge < -0.3 is 15.8 Å². The number of nitrogens with two attached hydrogens (primary N) is 1. The van der Waals surface area contributed by atoms with Crippen LogP contribution in [-0.2, 0) is 22.4 Å². The van der Waals surface area contributed by atoms with Gasteiger partial charge in [0.15, 0.2) is 0 Å². The molecule has 0 fully saturated rings. The van der Waals surface area contributed by atoms with Crippen molar-refractivity contribution >= 4 is 28.9 Å². The molecule has 2 aromatic carbocycles. The molecule has 5 heteroatoms. The lowest BCUT2D eigenvalue weighted by molar-refractivity contribution is -0.142. The van der Waals surface area contributed by atoms with Gasteiger partial charge in [-0.25, -0.2) is 4.79 Å². The summed E-state index contributed by atoms with van der Waals surface area (Å²) in [6, 6.07) is 13.0. The lowest BCUT2D eigenvalue weighted by atomic mass is 9.99. The van der Waals surface area contributed by atoms with Gasteiger partial charge in [-0.3, -0.25) is 0 Å². The van der Waals surface area contributed by atoms with E-state index in [4.69, 9.17) is 22.7 Å². The zero-order valence-electron chi connectivity index (χ0n) is 14.8. The molecule has 1 unspecified atom stereocenters. The van der Waals surface area contributed by atoms with Crippen molar-refractivity contribution in [2.45, 2.75) is 32.7 Å². The molecule has 0 aliphatic rings. The fraction of sp³-hybridized carbons (Fsp3) is 0.300. The van der Waals surface area contributed by atoms with Crippen molar-refractivity contribution in [3.63, 3.8) is 0 Å². The zero-order chi connectivity index (χ0) is 18.4. The molecule has 0 spiro atoms. The Balaban J connectivity index is 2.24. The summed E-state index contributed by atoms with van der Waals surface area (Å²) in [6.45, 7) is 4.11. The van der Waals surface area contributed by atoms with Gasteiger partial charge in [-0.2, -0.15) is 0 Å². The summed E-state index contributed by atoms with van der Waals surface area (Å²) in [5.41, 5.74) is 10.6. The number of aryl methyl sites for hydroxylation is 2. The number of hydrogen-bond acceptors (Lipinski definition) is 4. The number of thiocarbonyl (C=S) groups is 1. The van der Waals surface area contributed by atoms with Crippen molar-refractivity contribution < 1.29 is 9.53 Å². The molecular weight excluding hydrogens is 332 g/mol. The Morgan fingerprint density at radius 2 is 1.92 bits per heavy atom. The van der Waals surface area contributed by atoms with Gasteiger partial charge in [0.25, 0.3) is 0 Å². The summed E-state index contributed by atoms with van der Waals surface area (Å²) in [5, 5.41) is 3.19. The molecule has 3 N–H and O–H groups in total. The molecule has 25 heavy (non-hydrogen) atoms. The van der Waals surface area contributed by atoms with E-state index in [1.807, 2.05) is 43.3 Å². The highest BCUT2D eigenvalue weighted by Gasteiger charge is 2.22. The molecule has 0 aliphatic heterocycles. The second-order valence-electron chi connectivity index (χ2n) is 5.96. The van der Waals surface area contributed by atoms with Gasteiger partial charge in [-0.05, 0) is 42.2 Å². The average Bonchev–Trinajstić information content (AvgIpc) is 2.61. The summed E-state index contributed by atoms with van der Waals surface area (Å²) >= 11 is 5.60. The number of ether oxygens (including phenoxy) is 1. The van der Waals surface area contributed by atoms with Crippen LogP contribution in [-0.4, -0.2) is 24.1 Å². The monoisotopic (exact) mass is 356 g/mol. The van der Waals surface area contributed by atoms with Crippen LogP contribution >= 0.6 is 12.2 Å². The predicted octanol–water partition coefficient (Wildman–Crippen LogP) is 3.19. The maximum atomic E-state index is 12.2. The van der Waals surface area contributed by atoms with Crippen molar-refractivity contribution in [2.24, 2.45) is 0 Å². The number of carbonyl (C=O) groups excluding carboxylic acids is 1. The topological polar surface area (TPSA) is 64.3 Å². The first-order valence-electron chi connectivity index (χ1n) is 8.27. The first-order chi connectivity index (χ1) is 12.0. The largest absolute Gasteiger partial charge is 0.467 e. The van der Waals surface area contributed by atoms with Gasteiger partial charge in [-0.15, -0.1) is 0 Å². The third-order valence-electron chi connectivity index (χ3n) is 4.18. The molecule has 0 saturated heterocycles. The van der Waals surface area contributed by atoms with Crippen molar-refractivity contribution in [3.8, 4) is 0 Å². The van der Waals surface area contributed by atoms with Crippen LogP contribution < -0.4 is 11.1 Å². The highest BCUT2D eigenvalue weighted by molar-refractivity contribution is 7.80. The third-order valence-corrected chi connectivity index (χ3v) is 4.50. The molecule has 0 bridgehead atoms. The molecule has 132 valence electrons. The Hall–Kier alpha value is -2.40. The summed E-state index contributed by atoms with van der Waals surface area (Å²) in [7, 11) is 1.38. The number of esters is 1. The van der Waals surface area contributed by atoms with Crippen molar-refractivity contribution in [2.75, 3.05) is 12.8 Å². The number of rotatable bonds is 6. The number of anilines is 1. The van der Waals surface area contributed by atoms with Crippen LogP contribution in [0.25, 0.3) is 0 Å². The zero-order valence-corrected chi connectivity index (χ0v) is 15.7. The number of benzene rings is 2. The Kier molecular flexibility index (Phi) is 6.53. The second kappa shape index (κ2) is 8.62. The smallest absolute Gasteiger partial charge is 0.328 e. The Morgan fingerprint density at radius 3 is 2.52 bits per heavy atom. The number of methoxy groups -OCH3 is 1. The minimum Gasteiger partial charge on any atom is -0.467 e. The molecule has 2 aromatic rings. The predicted molar refractivity (Wildman–Crippen MR) is 106 cm³/mol. The number of nitrogens with one attached hydrogen (secondary N) is 1. The third kappa shape index (κ3) is 4.79. The first-order valence-corrected chi connectivity index (χ1v) is 8.68. The Bertz CT molecular complexity index is 757. The SMILES string of the molecule is CCc1cccc(C)c1C(=S)NC(Cc1ccc(N)cc1)C(=O)OC. The molecule has 0 heterocycles. The van der Waals surface area contributed by atoms with E-state index in [-0.39, 0.29) is 5.97 Å². The van der Waals surface area contributed by atoms with Crippen molar-refractivity contribution in [1.82, 2.24) is 5.32 Å². The van der Waals surface area contributed by atoms with Crippen molar-refractivity contribution in [3.05, 3.63) is 64.7 Å². The van der Waals surface area contributed by atoms with E-state index < -0.39 is 6.04 Å². The summed E-state index contributed by atoms with van der Waals surface area (Å²) < 4.78 is 4.95. The fourth-order valence-electron chi connectivity index (χ4n) is 2.80. The Labute approximate surface area is 154 Å². The summed E-state index contributed by atoms with van der Waals surface area (Å²) in [5.74, 6) is -0.342. The number of nitrogen functional groups attached to an aromatic ring is 1. The van der Waals surface area contributed by atoms with Crippen molar-refractivity contribution in [1.29, 1.82) is 0 Å². The van der Waals surface area contributed by atoms with Crippen LogP contribution in [0.3, 0.4) is 0 Å². The minimum absolute atomic E-state index is 0.342. The van der Waals surface area contributed by atoms with Crippen LogP contribution in [0.1, 0.15) is 29.2 Å². The van der Waals surface area contributed by atoms with Gasteiger partial charge in [0, 0.05) is 17.7 Å². The molecule has 0 saturated carbocycles. The lowest BCUT2D eigenvalue weighted by Crippen LogP contribution is -2.43. The van der Waals surface area contributed by atoms with Gasteiger partial charge in [0.05, 0.1) is 7.11 Å². The van der Waals surface area contributed by atoms with E-state index in [2.05, 4.69) is 18.3 Å². The van der Waals surface area contributed by atoms with Crippen LogP contribution in [0.15, 0.2) is 42.5 Å². The van der Waals surface area contributed by atoms with E-state index in [9.17, 15) is 4.79 Å². The molecule has 0 radical (unpaired) electrons. The average molecular weight is 356 g/mol. The highest BCUT2D eigenvalue weighted by Crippen LogP contribution is 2.17. The molecule has 0 aromatic heterocycles. The normalized spacial score (nSPS) is 11.6.